The second-order valence-corrected chi connectivity index (χ2v) is 17.4. The molecule has 4 fully saturated rings. The summed E-state index contributed by atoms with van der Waals surface area (Å²) in [6.45, 7) is 2.15. The van der Waals surface area contributed by atoms with E-state index in [0.717, 1.165) is 58.3 Å². The van der Waals surface area contributed by atoms with Crippen LogP contribution in [0.3, 0.4) is 0 Å². The van der Waals surface area contributed by atoms with Gasteiger partial charge in [-0.1, -0.05) is 25.3 Å². The number of nitrogens with zero attached hydrogens (tertiary/aromatic N) is 3. The highest BCUT2D eigenvalue weighted by Gasteiger charge is 2.46. The summed E-state index contributed by atoms with van der Waals surface area (Å²) in [5.74, 6) is -5.98. The highest BCUT2D eigenvalue weighted by molar-refractivity contribution is 6.01. The molecule has 58 heavy (non-hydrogen) atoms. The van der Waals surface area contributed by atoms with Crippen LogP contribution in [0, 0.1) is 11.8 Å². The van der Waals surface area contributed by atoms with Gasteiger partial charge in [-0.15, -0.1) is 0 Å². The van der Waals surface area contributed by atoms with Gasteiger partial charge in [-0.2, -0.15) is 0 Å². The lowest BCUT2D eigenvalue weighted by atomic mass is 9.76. The molecule has 0 radical (unpaired) electrons. The minimum Gasteiger partial charge on any atom is -0.370 e. The molecule has 6 rings (SSSR count). The quantitative estimate of drug-likeness (QED) is 0.212. The fraction of sp³-hybridized carbons (Fsp3) is 0.674. The number of aromatic nitrogens is 1. The molecule has 15 heteroatoms. The van der Waals surface area contributed by atoms with E-state index in [1.807, 2.05) is 19.0 Å². The fourth-order valence-electron chi connectivity index (χ4n) is 9.73. The molecule has 1 aromatic heterocycles. The standard InChI is InChI=1S/C43H61F2N7O6/c1-43(44,45)28-12-15-32-27(22-28)23-35(47-32)39(55)49-34-16-13-29(50(2)3)24-30-14-18-36(52(30)42(34)58)40(56)48-33(17-19-38(46)54)37(53)25-31(26-10-6-4-7-11-26)41(57)51-20-8-5-9-21-51/h12,15,22-23,26,29-31,33-34,36,47H,4-11,13-14,16-21,24-25H2,1-3H3,(H2,46,54)(H,48,56)(H,49,55)/t29-,30-,31+,33+,34+,36+/m1/s1. The summed E-state index contributed by atoms with van der Waals surface area (Å²) in [5.41, 5.74) is 5.95. The van der Waals surface area contributed by atoms with Gasteiger partial charge >= 0.3 is 0 Å². The molecule has 4 aliphatic rings. The van der Waals surface area contributed by atoms with E-state index in [2.05, 4.69) is 20.5 Å². The van der Waals surface area contributed by atoms with Crippen LogP contribution in [-0.4, -0.2) is 112 Å². The number of halogens is 2. The first-order valence-corrected chi connectivity index (χ1v) is 21.3. The third kappa shape index (κ3) is 10.2. The van der Waals surface area contributed by atoms with Crippen molar-refractivity contribution >= 4 is 46.2 Å². The number of aromatic amines is 1. The number of amides is 5. The van der Waals surface area contributed by atoms with Crippen molar-refractivity contribution in [2.24, 2.45) is 17.6 Å². The summed E-state index contributed by atoms with van der Waals surface area (Å²) in [6.07, 6.45) is 9.91. The van der Waals surface area contributed by atoms with Crippen molar-refractivity contribution < 1.29 is 37.5 Å². The van der Waals surface area contributed by atoms with Crippen molar-refractivity contribution in [3.63, 3.8) is 0 Å². The van der Waals surface area contributed by atoms with Gasteiger partial charge < -0.3 is 36.1 Å². The Hall–Kier alpha value is -4.40. The van der Waals surface area contributed by atoms with Crippen molar-refractivity contribution in [2.45, 2.75) is 146 Å². The average Bonchev–Trinajstić information content (AvgIpc) is 3.82. The summed E-state index contributed by atoms with van der Waals surface area (Å²) in [6, 6.07) is 2.33. The summed E-state index contributed by atoms with van der Waals surface area (Å²) in [4.78, 5) is 91.2. The van der Waals surface area contributed by atoms with Crippen LogP contribution in [0.15, 0.2) is 24.3 Å². The van der Waals surface area contributed by atoms with E-state index < -0.39 is 53.6 Å². The minimum absolute atomic E-state index is 0.00645. The van der Waals surface area contributed by atoms with Crippen molar-refractivity contribution in [3.05, 3.63) is 35.5 Å². The molecule has 318 valence electrons. The number of nitrogens with two attached hydrogens (primary N) is 1. The van der Waals surface area contributed by atoms with Crippen LogP contribution in [0.1, 0.15) is 126 Å². The Bertz CT molecular complexity index is 1830. The van der Waals surface area contributed by atoms with Crippen molar-refractivity contribution in [2.75, 3.05) is 27.2 Å². The van der Waals surface area contributed by atoms with Gasteiger partial charge in [0.15, 0.2) is 5.78 Å². The van der Waals surface area contributed by atoms with Crippen LogP contribution in [0.5, 0.6) is 0 Å². The third-order valence-electron chi connectivity index (χ3n) is 13.1. The Labute approximate surface area is 339 Å². The predicted octanol–water partition coefficient (Wildman–Crippen LogP) is 4.77. The van der Waals surface area contributed by atoms with E-state index in [9.17, 15) is 37.5 Å². The van der Waals surface area contributed by atoms with Gasteiger partial charge in [0.25, 0.3) is 11.8 Å². The van der Waals surface area contributed by atoms with Crippen molar-refractivity contribution in [1.82, 2.24) is 30.3 Å². The van der Waals surface area contributed by atoms with Crippen LogP contribution in [-0.2, 0) is 29.9 Å². The van der Waals surface area contributed by atoms with E-state index in [1.165, 1.54) is 24.3 Å². The van der Waals surface area contributed by atoms with Gasteiger partial charge in [0, 0.05) is 67.3 Å². The molecule has 5 amide bonds. The Morgan fingerprint density at radius 1 is 0.948 bits per heavy atom. The summed E-state index contributed by atoms with van der Waals surface area (Å²) in [7, 11) is 3.91. The number of carbonyl (C=O) groups is 6. The molecular weight excluding hydrogens is 749 g/mol. The number of nitrogens with one attached hydrogen (secondary N) is 3. The fourth-order valence-corrected chi connectivity index (χ4v) is 9.73. The lowest BCUT2D eigenvalue weighted by Crippen LogP contribution is -2.59. The molecule has 6 atom stereocenters. The monoisotopic (exact) mass is 809 g/mol. The molecule has 3 saturated heterocycles. The normalized spacial score (nSPS) is 24.5. The lowest BCUT2D eigenvalue weighted by molar-refractivity contribution is -0.144. The molecule has 4 heterocycles. The van der Waals surface area contributed by atoms with Gasteiger partial charge in [0.05, 0.1) is 6.04 Å². The number of H-pyrrole nitrogens is 1. The molecular formula is C43H61F2N7O6. The largest absolute Gasteiger partial charge is 0.370 e. The van der Waals surface area contributed by atoms with Crippen LogP contribution < -0.4 is 16.4 Å². The van der Waals surface area contributed by atoms with E-state index in [-0.39, 0.29) is 60.2 Å². The smallest absolute Gasteiger partial charge is 0.270 e. The number of Topliss-reactive ketones (excluding diaryl/α,β-unsaturated/α-hetero) is 1. The Balaban J connectivity index is 1.21. The number of ketones is 1. The molecule has 2 aromatic rings. The Morgan fingerprint density at radius 2 is 1.66 bits per heavy atom. The van der Waals surface area contributed by atoms with E-state index >= 15 is 0 Å². The number of likely N-dealkylation sites (tertiary alicyclic amines) is 1. The molecule has 1 aliphatic carbocycles. The molecule has 5 N–H and O–H groups in total. The van der Waals surface area contributed by atoms with Crippen molar-refractivity contribution in [3.8, 4) is 0 Å². The van der Waals surface area contributed by atoms with Crippen LogP contribution in [0.4, 0.5) is 8.78 Å². The number of rotatable bonds is 14. The Kier molecular flexibility index (Phi) is 13.9. The Morgan fingerprint density at radius 3 is 2.33 bits per heavy atom. The number of fused-ring (bicyclic) bond motifs is 2. The maximum atomic E-state index is 14.5. The first-order valence-electron chi connectivity index (χ1n) is 21.3. The SMILES string of the molecule is CN(C)[C@@H]1CC[C@H](NC(=O)c2cc3cc(C(C)(F)F)ccc3[nH]2)C(=O)N2[C@H](CC[C@H]2C(=O)N[C@@H](CCC(N)=O)C(=O)C[C@H](C(=O)N2CCCCC2)C2CCCCC2)C1. The highest BCUT2D eigenvalue weighted by Crippen LogP contribution is 2.36. The van der Waals surface area contributed by atoms with Crippen LogP contribution in [0.25, 0.3) is 10.9 Å². The highest BCUT2D eigenvalue weighted by atomic mass is 19.3. The third-order valence-corrected chi connectivity index (χ3v) is 13.1. The maximum Gasteiger partial charge on any atom is 0.270 e. The zero-order valence-corrected chi connectivity index (χ0v) is 34.2. The van der Waals surface area contributed by atoms with Gasteiger partial charge in [-0.3, -0.25) is 28.8 Å². The molecule has 1 saturated carbocycles. The topological polar surface area (TPSA) is 178 Å². The zero-order valence-electron chi connectivity index (χ0n) is 34.2. The number of hydrogen-bond donors (Lipinski definition) is 4. The number of hydrogen-bond acceptors (Lipinski definition) is 7. The van der Waals surface area contributed by atoms with E-state index in [4.69, 9.17) is 5.73 Å². The molecule has 13 nitrogen and oxygen atoms in total. The minimum atomic E-state index is -3.06. The molecule has 0 spiro atoms. The van der Waals surface area contributed by atoms with Gasteiger partial charge in [0.1, 0.15) is 17.8 Å². The average molecular weight is 810 g/mol. The summed E-state index contributed by atoms with van der Waals surface area (Å²) in [5, 5.41) is 6.20. The van der Waals surface area contributed by atoms with Crippen LogP contribution >= 0.6 is 0 Å². The predicted molar refractivity (Wildman–Crippen MR) is 215 cm³/mol. The first kappa shape index (κ1) is 43.2. The second kappa shape index (κ2) is 18.7. The molecule has 1 aromatic carbocycles. The lowest BCUT2D eigenvalue weighted by Gasteiger charge is -2.39. The molecule has 3 aliphatic heterocycles. The van der Waals surface area contributed by atoms with E-state index in [0.29, 0.717) is 56.1 Å². The number of primary amides is 1. The number of piperidine rings is 1. The number of alkyl halides is 2. The summed E-state index contributed by atoms with van der Waals surface area (Å²) >= 11 is 0. The number of benzene rings is 1. The van der Waals surface area contributed by atoms with Gasteiger partial charge in [0.2, 0.25) is 23.6 Å². The molecule has 0 bridgehead atoms. The van der Waals surface area contributed by atoms with Crippen molar-refractivity contribution in [1.29, 1.82) is 0 Å². The van der Waals surface area contributed by atoms with Gasteiger partial charge in [-0.05, 0) is 109 Å². The first-order chi connectivity index (χ1) is 27.6. The zero-order chi connectivity index (χ0) is 41.7. The van der Waals surface area contributed by atoms with Gasteiger partial charge in [-0.25, -0.2) is 8.78 Å². The van der Waals surface area contributed by atoms with E-state index in [1.54, 1.807) is 4.90 Å². The maximum absolute atomic E-state index is 14.5. The van der Waals surface area contributed by atoms with Crippen LogP contribution in [0.2, 0.25) is 0 Å². The molecule has 0 unspecified atom stereocenters. The second-order valence-electron chi connectivity index (χ2n) is 17.4. The number of carbonyl (C=O) groups excluding carboxylic acids is 6. The summed E-state index contributed by atoms with van der Waals surface area (Å²) < 4.78 is 28.1.